The number of pyridine rings is 2. The number of rotatable bonds is 10. The van der Waals surface area contributed by atoms with Crippen LogP contribution >= 0.6 is 0 Å². The van der Waals surface area contributed by atoms with Crippen molar-refractivity contribution in [2.24, 2.45) is 11.8 Å². The molecule has 0 radical (unpaired) electrons. The minimum absolute atomic E-state index is 0.0753. The first kappa shape index (κ1) is 26.0. The largest absolute Gasteiger partial charge is 0.394 e. The molecule has 5 N–H and O–H groups in total. The van der Waals surface area contributed by atoms with Crippen LogP contribution in [-0.2, 0) is 0 Å². The minimum Gasteiger partial charge on any atom is -0.394 e. The quantitative estimate of drug-likeness (QED) is 0.297. The van der Waals surface area contributed by atoms with Gasteiger partial charge in [-0.1, -0.05) is 39.8 Å². The van der Waals surface area contributed by atoms with Crippen molar-refractivity contribution in [3.63, 3.8) is 0 Å². The van der Waals surface area contributed by atoms with E-state index in [2.05, 4.69) is 30.8 Å². The standard InChI is InChI=1S/C25H32N6O4/c1-14(2)22(12-32)28-24(34)18-9-5-7-16(26-18)20-11-21(31-30-20)17-8-6-10-19(27-17)25(35)29-23(13-33)15(3)4/h5-11,14-15,22-23,32-33H,12-13H2,1-4H3,(H,28,34)(H,29,35)(H,30,31)/t22-,23-/m1/s1. The Balaban J connectivity index is 1.79. The van der Waals surface area contributed by atoms with E-state index in [-0.39, 0.29) is 60.3 Å². The predicted octanol–water partition coefficient (Wildman–Crippen LogP) is 2.03. The summed E-state index contributed by atoms with van der Waals surface area (Å²) in [5.41, 5.74) is 2.52. The average molecular weight is 481 g/mol. The topological polar surface area (TPSA) is 153 Å². The molecule has 0 spiro atoms. The Hall–Kier alpha value is -3.63. The van der Waals surface area contributed by atoms with Crippen LogP contribution in [0.5, 0.6) is 0 Å². The zero-order valence-corrected chi connectivity index (χ0v) is 20.3. The van der Waals surface area contributed by atoms with Crippen LogP contribution in [0.15, 0.2) is 42.5 Å². The lowest BCUT2D eigenvalue weighted by Gasteiger charge is -2.19. The number of aromatic nitrogens is 4. The minimum atomic E-state index is -0.377. The number of nitrogens with one attached hydrogen (secondary N) is 3. The van der Waals surface area contributed by atoms with Gasteiger partial charge in [-0.15, -0.1) is 0 Å². The van der Waals surface area contributed by atoms with Crippen molar-refractivity contribution in [1.29, 1.82) is 0 Å². The number of nitrogens with zero attached hydrogens (tertiary/aromatic N) is 3. The summed E-state index contributed by atoms with van der Waals surface area (Å²) in [7, 11) is 0. The van der Waals surface area contributed by atoms with E-state index in [1.807, 2.05) is 27.7 Å². The highest BCUT2D eigenvalue weighted by Gasteiger charge is 2.19. The van der Waals surface area contributed by atoms with Crippen LogP contribution in [0.1, 0.15) is 48.7 Å². The third-order valence-corrected chi connectivity index (χ3v) is 5.72. The van der Waals surface area contributed by atoms with Crippen LogP contribution in [0.25, 0.3) is 22.8 Å². The Labute approximate surface area is 204 Å². The fourth-order valence-electron chi connectivity index (χ4n) is 3.33. The number of aliphatic hydroxyl groups is 2. The molecule has 0 unspecified atom stereocenters. The van der Waals surface area contributed by atoms with Gasteiger partial charge in [-0.05, 0) is 42.2 Å². The van der Waals surface area contributed by atoms with Gasteiger partial charge in [0.15, 0.2) is 0 Å². The first-order chi connectivity index (χ1) is 16.7. The van der Waals surface area contributed by atoms with Gasteiger partial charge in [-0.2, -0.15) is 5.10 Å². The van der Waals surface area contributed by atoms with Gasteiger partial charge in [0, 0.05) is 0 Å². The zero-order chi connectivity index (χ0) is 25.5. The number of aliphatic hydroxyl groups excluding tert-OH is 2. The monoisotopic (exact) mass is 480 g/mol. The molecule has 0 aliphatic rings. The van der Waals surface area contributed by atoms with Crippen molar-refractivity contribution in [3.05, 3.63) is 53.9 Å². The first-order valence-electron chi connectivity index (χ1n) is 11.6. The summed E-state index contributed by atoms with van der Waals surface area (Å²) in [6.07, 6.45) is 0. The summed E-state index contributed by atoms with van der Waals surface area (Å²) in [5, 5.41) is 31.7. The number of carbonyl (C=O) groups is 2. The second-order valence-corrected chi connectivity index (χ2v) is 9.00. The van der Waals surface area contributed by atoms with E-state index in [4.69, 9.17) is 0 Å². The van der Waals surface area contributed by atoms with Gasteiger partial charge in [0.05, 0.1) is 42.4 Å². The van der Waals surface area contributed by atoms with Crippen molar-refractivity contribution >= 4 is 11.8 Å². The van der Waals surface area contributed by atoms with Gasteiger partial charge in [-0.3, -0.25) is 14.7 Å². The van der Waals surface area contributed by atoms with Crippen LogP contribution in [0, 0.1) is 11.8 Å². The molecular weight excluding hydrogens is 448 g/mol. The maximum absolute atomic E-state index is 12.6. The average Bonchev–Trinajstić information content (AvgIpc) is 3.35. The van der Waals surface area contributed by atoms with E-state index >= 15 is 0 Å². The fourth-order valence-corrected chi connectivity index (χ4v) is 3.33. The van der Waals surface area contributed by atoms with E-state index in [9.17, 15) is 19.8 Å². The van der Waals surface area contributed by atoms with Crippen molar-refractivity contribution in [3.8, 4) is 22.8 Å². The van der Waals surface area contributed by atoms with Crippen LogP contribution in [0.3, 0.4) is 0 Å². The van der Waals surface area contributed by atoms with Gasteiger partial charge in [0.2, 0.25) is 0 Å². The number of hydrogen-bond acceptors (Lipinski definition) is 7. The molecule has 10 nitrogen and oxygen atoms in total. The Morgan fingerprint density at radius 1 is 0.800 bits per heavy atom. The second kappa shape index (κ2) is 11.7. The molecule has 2 amide bonds. The molecule has 0 fully saturated rings. The Morgan fingerprint density at radius 2 is 1.29 bits per heavy atom. The molecule has 2 atom stereocenters. The summed E-state index contributed by atoms with van der Waals surface area (Å²) < 4.78 is 0. The molecular formula is C25H32N6O4. The summed E-state index contributed by atoms with van der Waals surface area (Å²) in [5.74, 6) is -0.598. The number of amides is 2. The molecule has 3 rings (SSSR count). The van der Waals surface area contributed by atoms with Crippen LogP contribution in [0.2, 0.25) is 0 Å². The Morgan fingerprint density at radius 3 is 1.77 bits per heavy atom. The van der Waals surface area contributed by atoms with E-state index in [0.29, 0.717) is 22.8 Å². The summed E-state index contributed by atoms with van der Waals surface area (Å²) >= 11 is 0. The van der Waals surface area contributed by atoms with Crippen LogP contribution in [-0.4, -0.2) is 67.5 Å². The molecule has 0 saturated heterocycles. The van der Waals surface area contributed by atoms with Gasteiger partial charge >= 0.3 is 0 Å². The van der Waals surface area contributed by atoms with Gasteiger partial charge < -0.3 is 20.8 Å². The molecule has 3 heterocycles. The smallest absolute Gasteiger partial charge is 0.270 e. The Bertz CT molecular complexity index is 1070. The lowest BCUT2D eigenvalue weighted by atomic mass is 10.1. The van der Waals surface area contributed by atoms with Crippen molar-refractivity contribution < 1.29 is 19.8 Å². The maximum Gasteiger partial charge on any atom is 0.270 e. The lowest BCUT2D eigenvalue weighted by Crippen LogP contribution is -2.41. The molecule has 0 aliphatic heterocycles. The van der Waals surface area contributed by atoms with E-state index in [1.54, 1.807) is 42.5 Å². The van der Waals surface area contributed by atoms with Gasteiger partial charge in [-0.25, -0.2) is 9.97 Å². The molecule has 3 aromatic heterocycles. The lowest BCUT2D eigenvalue weighted by molar-refractivity contribution is 0.0885. The number of hydrogen-bond donors (Lipinski definition) is 5. The fraction of sp³-hybridized carbons (Fsp3) is 0.400. The van der Waals surface area contributed by atoms with Gasteiger partial charge in [0.25, 0.3) is 11.8 Å². The third-order valence-electron chi connectivity index (χ3n) is 5.72. The Kier molecular flexibility index (Phi) is 8.67. The maximum atomic E-state index is 12.6. The molecule has 186 valence electrons. The van der Waals surface area contributed by atoms with Crippen LogP contribution < -0.4 is 10.6 Å². The van der Waals surface area contributed by atoms with Crippen molar-refractivity contribution in [2.75, 3.05) is 13.2 Å². The predicted molar refractivity (Wildman–Crippen MR) is 131 cm³/mol. The summed E-state index contributed by atoms with van der Waals surface area (Å²) in [6.45, 7) is 7.35. The summed E-state index contributed by atoms with van der Waals surface area (Å²) in [4.78, 5) is 34.0. The zero-order valence-electron chi connectivity index (χ0n) is 20.3. The molecule has 0 bridgehead atoms. The highest BCUT2D eigenvalue weighted by atomic mass is 16.3. The van der Waals surface area contributed by atoms with Crippen LogP contribution in [0.4, 0.5) is 0 Å². The first-order valence-corrected chi connectivity index (χ1v) is 11.6. The number of H-pyrrole nitrogens is 1. The second-order valence-electron chi connectivity index (χ2n) is 9.00. The third kappa shape index (κ3) is 6.49. The van der Waals surface area contributed by atoms with E-state index in [0.717, 1.165) is 0 Å². The summed E-state index contributed by atoms with van der Waals surface area (Å²) in [6, 6.07) is 11.1. The normalized spacial score (nSPS) is 13.0. The number of aromatic amines is 1. The molecule has 0 aliphatic carbocycles. The number of carbonyl (C=O) groups excluding carboxylic acids is 2. The van der Waals surface area contributed by atoms with Gasteiger partial charge in [0.1, 0.15) is 17.1 Å². The molecule has 35 heavy (non-hydrogen) atoms. The molecule has 0 aromatic carbocycles. The molecule has 0 saturated carbocycles. The SMILES string of the molecule is CC(C)[C@@H](CO)NC(=O)c1cccc(-c2cc(-c3cccc(C(=O)N[C@H](CO)C(C)C)n3)[nH]n2)n1. The molecule has 10 heteroatoms. The van der Waals surface area contributed by atoms with Crippen molar-refractivity contribution in [2.45, 2.75) is 39.8 Å². The van der Waals surface area contributed by atoms with E-state index in [1.165, 1.54) is 0 Å². The molecule has 3 aromatic rings. The highest BCUT2D eigenvalue weighted by molar-refractivity contribution is 5.93. The highest BCUT2D eigenvalue weighted by Crippen LogP contribution is 2.22. The van der Waals surface area contributed by atoms with E-state index < -0.39 is 0 Å². The van der Waals surface area contributed by atoms with Crippen molar-refractivity contribution in [1.82, 2.24) is 30.8 Å².